The summed E-state index contributed by atoms with van der Waals surface area (Å²) in [5.41, 5.74) is 4.67. The van der Waals surface area contributed by atoms with Crippen LogP contribution in [-0.2, 0) is 32.6 Å². The summed E-state index contributed by atoms with van der Waals surface area (Å²) >= 11 is 6.37. The molecule has 252 valence electrons. The number of carbonyl (C=O) groups excluding carboxylic acids is 2. The first kappa shape index (κ1) is 35.2. The van der Waals surface area contributed by atoms with Gasteiger partial charge in [0.15, 0.2) is 0 Å². The average molecular weight is 686 g/mol. The SMILES string of the molecule is Cc1ccc(S(=O)(=O)N(CC(=O)N(Cc2cccc(Cl)c2)[C@@H](Cc2ccccc2)C(=O)NC2CCCCC2)c2cc(C)cc(C)c2)cc1. The van der Waals surface area contributed by atoms with Crippen LogP contribution in [0.2, 0.25) is 5.02 Å². The molecule has 1 saturated carbocycles. The Labute approximate surface area is 290 Å². The molecule has 2 amide bonds. The smallest absolute Gasteiger partial charge is 0.264 e. The van der Waals surface area contributed by atoms with Gasteiger partial charge in [-0.2, -0.15) is 0 Å². The van der Waals surface area contributed by atoms with Crippen molar-refractivity contribution in [2.75, 3.05) is 10.8 Å². The van der Waals surface area contributed by atoms with E-state index in [2.05, 4.69) is 5.32 Å². The molecule has 1 N–H and O–H groups in total. The molecule has 0 heterocycles. The number of sulfonamides is 1. The van der Waals surface area contributed by atoms with Crippen LogP contribution in [0.15, 0.2) is 102 Å². The van der Waals surface area contributed by atoms with Crippen molar-refractivity contribution < 1.29 is 18.0 Å². The molecule has 5 rings (SSSR count). The number of carbonyl (C=O) groups is 2. The molecule has 9 heteroatoms. The van der Waals surface area contributed by atoms with E-state index in [4.69, 9.17) is 11.6 Å². The maximum absolute atomic E-state index is 14.8. The van der Waals surface area contributed by atoms with Gasteiger partial charge in [0.1, 0.15) is 12.6 Å². The van der Waals surface area contributed by atoms with E-state index >= 15 is 0 Å². The Balaban J connectivity index is 1.58. The number of hydrogen-bond donors (Lipinski definition) is 1. The molecular weight excluding hydrogens is 642 g/mol. The van der Waals surface area contributed by atoms with Crippen LogP contribution in [0.25, 0.3) is 0 Å². The fourth-order valence-electron chi connectivity index (χ4n) is 6.39. The number of nitrogens with one attached hydrogen (secondary N) is 1. The van der Waals surface area contributed by atoms with Gasteiger partial charge in [0.2, 0.25) is 11.8 Å². The molecule has 4 aromatic carbocycles. The molecule has 0 spiro atoms. The number of anilines is 1. The van der Waals surface area contributed by atoms with Crippen molar-refractivity contribution in [2.24, 2.45) is 0 Å². The minimum absolute atomic E-state index is 0.0290. The summed E-state index contributed by atoms with van der Waals surface area (Å²) in [6, 6.07) is 28.0. The number of aryl methyl sites for hydroxylation is 3. The third-order valence-electron chi connectivity index (χ3n) is 8.85. The topological polar surface area (TPSA) is 86.8 Å². The number of hydrogen-bond acceptors (Lipinski definition) is 4. The van der Waals surface area contributed by atoms with E-state index < -0.39 is 28.5 Å². The van der Waals surface area contributed by atoms with E-state index in [-0.39, 0.29) is 29.8 Å². The lowest BCUT2D eigenvalue weighted by Crippen LogP contribution is -2.55. The van der Waals surface area contributed by atoms with Gasteiger partial charge >= 0.3 is 0 Å². The Morgan fingerprint density at radius 3 is 2.08 bits per heavy atom. The third-order valence-corrected chi connectivity index (χ3v) is 10.9. The Morgan fingerprint density at radius 1 is 0.792 bits per heavy atom. The van der Waals surface area contributed by atoms with Crippen molar-refractivity contribution in [1.29, 1.82) is 0 Å². The second kappa shape index (κ2) is 15.8. The zero-order valence-electron chi connectivity index (χ0n) is 27.9. The van der Waals surface area contributed by atoms with Crippen LogP contribution in [0.1, 0.15) is 59.9 Å². The molecule has 0 saturated heterocycles. The van der Waals surface area contributed by atoms with E-state index in [0.717, 1.165) is 59.9 Å². The highest BCUT2D eigenvalue weighted by molar-refractivity contribution is 7.92. The first-order chi connectivity index (χ1) is 23.0. The summed E-state index contributed by atoms with van der Waals surface area (Å²) in [5, 5.41) is 3.75. The van der Waals surface area contributed by atoms with Gasteiger partial charge in [0.05, 0.1) is 10.6 Å². The molecule has 1 fully saturated rings. The van der Waals surface area contributed by atoms with E-state index in [1.165, 1.54) is 9.21 Å². The van der Waals surface area contributed by atoms with E-state index in [1.54, 1.807) is 54.6 Å². The Morgan fingerprint density at radius 2 is 1.44 bits per heavy atom. The van der Waals surface area contributed by atoms with Gasteiger partial charge in [0, 0.05) is 24.0 Å². The van der Waals surface area contributed by atoms with Crippen LogP contribution < -0.4 is 9.62 Å². The van der Waals surface area contributed by atoms with Crippen molar-refractivity contribution in [3.8, 4) is 0 Å². The zero-order chi connectivity index (χ0) is 34.3. The van der Waals surface area contributed by atoms with Crippen LogP contribution in [0.4, 0.5) is 5.69 Å². The van der Waals surface area contributed by atoms with Gasteiger partial charge < -0.3 is 10.2 Å². The second-order valence-electron chi connectivity index (χ2n) is 12.9. The molecule has 0 aromatic heterocycles. The number of amides is 2. The average Bonchev–Trinajstić information content (AvgIpc) is 3.05. The Hall–Kier alpha value is -4.14. The van der Waals surface area contributed by atoms with E-state index in [1.807, 2.05) is 63.2 Å². The van der Waals surface area contributed by atoms with Crippen LogP contribution in [0, 0.1) is 20.8 Å². The summed E-state index contributed by atoms with van der Waals surface area (Å²) in [5.74, 6) is -0.745. The fourth-order valence-corrected chi connectivity index (χ4v) is 8.00. The number of benzene rings is 4. The maximum Gasteiger partial charge on any atom is 0.264 e. The first-order valence-electron chi connectivity index (χ1n) is 16.6. The van der Waals surface area contributed by atoms with Crippen molar-refractivity contribution in [3.63, 3.8) is 0 Å². The largest absolute Gasteiger partial charge is 0.352 e. The summed E-state index contributed by atoms with van der Waals surface area (Å²) < 4.78 is 29.9. The molecule has 1 atom stereocenters. The van der Waals surface area contributed by atoms with E-state index in [9.17, 15) is 18.0 Å². The summed E-state index contributed by atoms with van der Waals surface area (Å²) in [4.78, 5) is 30.6. The minimum atomic E-state index is -4.18. The monoisotopic (exact) mass is 685 g/mol. The molecule has 1 aliphatic carbocycles. The maximum atomic E-state index is 14.8. The highest BCUT2D eigenvalue weighted by Crippen LogP contribution is 2.28. The van der Waals surface area contributed by atoms with Gasteiger partial charge in [-0.05, 0) is 92.3 Å². The van der Waals surface area contributed by atoms with Crippen LogP contribution in [-0.4, -0.2) is 43.8 Å². The Bertz CT molecular complexity index is 1800. The predicted molar refractivity (Wildman–Crippen MR) is 193 cm³/mol. The molecule has 48 heavy (non-hydrogen) atoms. The number of nitrogens with zero attached hydrogens (tertiary/aromatic N) is 2. The van der Waals surface area contributed by atoms with Gasteiger partial charge in [0.25, 0.3) is 10.0 Å². The summed E-state index contributed by atoms with van der Waals surface area (Å²) in [6.07, 6.45) is 5.27. The second-order valence-corrected chi connectivity index (χ2v) is 15.2. The molecule has 0 bridgehead atoms. The predicted octanol–water partition coefficient (Wildman–Crippen LogP) is 7.55. The van der Waals surface area contributed by atoms with E-state index in [0.29, 0.717) is 10.7 Å². The van der Waals surface area contributed by atoms with Crippen LogP contribution >= 0.6 is 11.6 Å². The zero-order valence-corrected chi connectivity index (χ0v) is 29.4. The van der Waals surface area contributed by atoms with Crippen molar-refractivity contribution in [2.45, 2.75) is 82.8 Å². The van der Waals surface area contributed by atoms with Crippen LogP contribution in [0.3, 0.4) is 0 Å². The lowest BCUT2D eigenvalue weighted by atomic mass is 9.94. The Kier molecular flexibility index (Phi) is 11.6. The molecule has 0 radical (unpaired) electrons. The van der Waals surface area contributed by atoms with Gasteiger partial charge in [-0.25, -0.2) is 8.42 Å². The van der Waals surface area contributed by atoms with Crippen molar-refractivity contribution in [3.05, 3.63) is 130 Å². The lowest BCUT2D eigenvalue weighted by molar-refractivity contribution is -0.140. The summed E-state index contributed by atoms with van der Waals surface area (Å²) in [7, 11) is -4.18. The van der Waals surface area contributed by atoms with Gasteiger partial charge in [-0.1, -0.05) is 97.1 Å². The van der Waals surface area contributed by atoms with Crippen molar-refractivity contribution >= 4 is 39.1 Å². The molecular formula is C39H44ClN3O4S. The molecule has 1 aliphatic rings. The quantitative estimate of drug-likeness (QED) is 0.167. The van der Waals surface area contributed by atoms with Crippen molar-refractivity contribution in [1.82, 2.24) is 10.2 Å². The third kappa shape index (κ3) is 9.05. The fraction of sp³-hybridized carbons (Fsp3) is 0.333. The molecule has 0 aliphatic heterocycles. The molecule has 7 nitrogen and oxygen atoms in total. The number of halogens is 1. The first-order valence-corrected chi connectivity index (χ1v) is 18.4. The van der Waals surface area contributed by atoms with Gasteiger partial charge in [-0.3, -0.25) is 13.9 Å². The van der Waals surface area contributed by atoms with Crippen LogP contribution in [0.5, 0.6) is 0 Å². The lowest BCUT2D eigenvalue weighted by Gasteiger charge is -2.35. The molecule has 4 aromatic rings. The highest BCUT2D eigenvalue weighted by Gasteiger charge is 2.35. The number of rotatable bonds is 12. The van der Waals surface area contributed by atoms with Gasteiger partial charge in [-0.15, -0.1) is 0 Å². The standard InChI is InChI=1S/C39H44ClN3O4S/c1-28-17-19-36(20-18-28)48(46,47)43(35-22-29(2)21-30(3)23-35)27-38(44)42(26-32-13-10-14-33(40)24-32)37(25-31-11-6-4-7-12-31)39(45)41-34-15-8-5-9-16-34/h4,6-7,10-14,17-24,34,37H,5,8-9,15-16,25-27H2,1-3H3,(H,41,45)/t37-/m0/s1. The molecule has 0 unspecified atom stereocenters. The minimum Gasteiger partial charge on any atom is -0.352 e. The summed E-state index contributed by atoms with van der Waals surface area (Å²) in [6.45, 7) is 5.25. The normalized spacial score (nSPS) is 14.2. The highest BCUT2D eigenvalue weighted by atomic mass is 35.5.